The van der Waals surface area contributed by atoms with Gasteiger partial charge in [0.05, 0.1) is 11.2 Å². The third-order valence-corrected chi connectivity index (χ3v) is 10.6. The number of hydrogen-bond donors (Lipinski definition) is 0. The van der Waals surface area contributed by atoms with E-state index >= 15 is 0 Å². The van der Waals surface area contributed by atoms with Crippen LogP contribution in [0.4, 0.5) is 0 Å². The lowest BCUT2D eigenvalue weighted by Crippen LogP contribution is -2.41. The summed E-state index contributed by atoms with van der Waals surface area (Å²) in [6.45, 7) is 22.1. The molecule has 7 rings (SSSR count). The highest BCUT2D eigenvalue weighted by molar-refractivity contribution is 6.62. The van der Waals surface area contributed by atoms with Crippen LogP contribution in [0, 0.1) is 0 Å². The predicted octanol–water partition coefficient (Wildman–Crippen LogP) is 11.4. The van der Waals surface area contributed by atoms with Crippen LogP contribution in [0.2, 0.25) is 0 Å². The number of rotatable bonds is 3. The zero-order valence-electron chi connectivity index (χ0n) is 29.7. The zero-order valence-corrected chi connectivity index (χ0v) is 29.7. The molecule has 1 heterocycles. The van der Waals surface area contributed by atoms with E-state index < -0.39 is 18.3 Å². The minimum atomic E-state index is -0.426. The minimum Gasteiger partial charge on any atom is -0.399 e. The molecule has 0 aromatic heterocycles. The first kappa shape index (κ1) is 31.7. The van der Waals surface area contributed by atoms with Crippen molar-refractivity contribution in [1.82, 2.24) is 0 Å². The Morgan fingerprint density at radius 1 is 0.447 bits per heavy atom. The molecule has 1 saturated heterocycles. The quantitative estimate of drug-likeness (QED) is 0.145. The highest BCUT2D eigenvalue weighted by Gasteiger charge is 2.51. The normalized spacial score (nSPS) is 16.4. The van der Waals surface area contributed by atoms with Crippen molar-refractivity contribution >= 4 is 44.9 Å². The van der Waals surface area contributed by atoms with Gasteiger partial charge in [-0.2, -0.15) is 0 Å². The Morgan fingerprint density at radius 3 is 1.34 bits per heavy atom. The summed E-state index contributed by atoms with van der Waals surface area (Å²) < 4.78 is 13.1. The van der Waals surface area contributed by atoms with Crippen LogP contribution in [0.5, 0.6) is 0 Å². The van der Waals surface area contributed by atoms with Crippen molar-refractivity contribution in [2.75, 3.05) is 0 Å². The maximum Gasteiger partial charge on any atom is 0.494 e. The van der Waals surface area contributed by atoms with Gasteiger partial charge in [-0.25, -0.2) is 0 Å². The molecule has 0 aliphatic carbocycles. The molecule has 0 amide bonds. The number of hydrogen-bond acceptors (Lipinski definition) is 2. The summed E-state index contributed by atoms with van der Waals surface area (Å²) in [6, 6.07) is 38.8. The molecule has 6 aromatic rings. The Kier molecular flexibility index (Phi) is 7.28. The van der Waals surface area contributed by atoms with Crippen molar-refractivity contribution < 1.29 is 9.31 Å². The lowest BCUT2D eigenvalue weighted by molar-refractivity contribution is 0.00578. The van der Waals surface area contributed by atoms with Gasteiger partial charge in [0.2, 0.25) is 0 Å². The van der Waals surface area contributed by atoms with Crippen molar-refractivity contribution in [3.05, 3.63) is 114 Å². The van der Waals surface area contributed by atoms with Crippen LogP contribution in [-0.4, -0.2) is 18.3 Å². The van der Waals surface area contributed by atoms with E-state index in [0.717, 1.165) is 5.46 Å². The molecular formula is C44H47BO2. The van der Waals surface area contributed by atoms with E-state index in [1.807, 2.05) is 0 Å². The molecule has 47 heavy (non-hydrogen) atoms. The molecule has 0 atom stereocenters. The largest absolute Gasteiger partial charge is 0.494 e. The molecule has 1 fully saturated rings. The van der Waals surface area contributed by atoms with Crippen LogP contribution in [-0.2, 0) is 20.1 Å². The third-order valence-electron chi connectivity index (χ3n) is 10.6. The maximum absolute atomic E-state index is 6.53. The summed E-state index contributed by atoms with van der Waals surface area (Å²) in [6.07, 6.45) is 0. The smallest absolute Gasteiger partial charge is 0.399 e. The average Bonchev–Trinajstić information content (AvgIpc) is 3.25. The fraction of sp³-hybridized carbons (Fsp3) is 0.318. The fourth-order valence-corrected chi connectivity index (χ4v) is 6.92. The fourth-order valence-electron chi connectivity index (χ4n) is 6.92. The van der Waals surface area contributed by atoms with Gasteiger partial charge < -0.3 is 9.31 Å². The summed E-state index contributed by atoms with van der Waals surface area (Å²) in [4.78, 5) is 0. The molecule has 1 aliphatic heterocycles. The van der Waals surface area contributed by atoms with Gasteiger partial charge in [0, 0.05) is 0 Å². The Hall–Kier alpha value is -3.92. The van der Waals surface area contributed by atoms with Crippen LogP contribution in [0.1, 0.15) is 80.4 Å². The summed E-state index contributed by atoms with van der Waals surface area (Å²) in [7, 11) is -0.426. The van der Waals surface area contributed by atoms with Crippen LogP contribution in [0.25, 0.3) is 54.6 Å². The molecule has 0 spiro atoms. The highest BCUT2D eigenvalue weighted by atomic mass is 16.7. The topological polar surface area (TPSA) is 18.5 Å². The zero-order chi connectivity index (χ0) is 33.5. The standard InChI is InChI=1S/C44H47BO2/c1-41(2,3)30-19-15-28(16-20-30)36-26-40-35-24-23-32(45-46-43(7,8)44(9,10)47-45)25-38(35)37(27-39(40)34-14-12-11-13-33(34)36)29-17-21-31(22-18-29)42(4,5)6/h11-27H,1-10H3. The molecule has 0 bridgehead atoms. The van der Waals surface area contributed by atoms with E-state index in [2.05, 4.69) is 172 Å². The molecule has 0 N–H and O–H groups in total. The van der Waals surface area contributed by atoms with E-state index in [4.69, 9.17) is 9.31 Å². The summed E-state index contributed by atoms with van der Waals surface area (Å²) in [5.74, 6) is 0. The predicted molar refractivity (Wildman–Crippen MR) is 203 cm³/mol. The minimum absolute atomic E-state index is 0.0889. The van der Waals surface area contributed by atoms with Gasteiger partial charge >= 0.3 is 7.12 Å². The van der Waals surface area contributed by atoms with E-state index in [1.165, 1.54) is 65.7 Å². The Morgan fingerprint density at radius 2 is 0.872 bits per heavy atom. The van der Waals surface area contributed by atoms with Crippen molar-refractivity contribution in [1.29, 1.82) is 0 Å². The van der Waals surface area contributed by atoms with Crippen molar-refractivity contribution in [2.45, 2.75) is 91.3 Å². The molecule has 3 heteroatoms. The summed E-state index contributed by atoms with van der Waals surface area (Å²) in [5, 5.41) is 7.49. The van der Waals surface area contributed by atoms with Gasteiger partial charge in [-0.3, -0.25) is 0 Å². The molecule has 0 radical (unpaired) electrons. The van der Waals surface area contributed by atoms with E-state index in [9.17, 15) is 0 Å². The summed E-state index contributed by atoms with van der Waals surface area (Å²) in [5.41, 5.74) is 8.03. The van der Waals surface area contributed by atoms with Gasteiger partial charge in [-0.1, -0.05) is 133 Å². The highest BCUT2D eigenvalue weighted by Crippen LogP contribution is 2.43. The third kappa shape index (κ3) is 5.48. The first-order valence-corrected chi connectivity index (χ1v) is 17.0. The molecule has 2 nitrogen and oxygen atoms in total. The van der Waals surface area contributed by atoms with E-state index in [-0.39, 0.29) is 10.8 Å². The van der Waals surface area contributed by atoms with Gasteiger partial charge in [-0.15, -0.1) is 0 Å². The second-order valence-corrected chi connectivity index (χ2v) is 16.5. The summed E-state index contributed by atoms with van der Waals surface area (Å²) >= 11 is 0. The lowest BCUT2D eigenvalue weighted by atomic mass is 9.76. The first-order valence-electron chi connectivity index (χ1n) is 17.0. The van der Waals surface area contributed by atoms with Crippen LogP contribution < -0.4 is 5.46 Å². The van der Waals surface area contributed by atoms with Gasteiger partial charge in [0.15, 0.2) is 0 Å². The monoisotopic (exact) mass is 618 g/mol. The Balaban J connectivity index is 1.50. The van der Waals surface area contributed by atoms with Crippen LogP contribution >= 0.6 is 0 Å². The molecule has 0 unspecified atom stereocenters. The van der Waals surface area contributed by atoms with E-state index in [1.54, 1.807) is 0 Å². The Labute approximate surface area is 281 Å². The molecule has 238 valence electrons. The maximum atomic E-state index is 6.53. The van der Waals surface area contributed by atoms with Crippen LogP contribution in [0.3, 0.4) is 0 Å². The average molecular weight is 619 g/mol. The molecular weight excluding hydrogens is 571 g/mol. The first-order chi connectivity index (χ1) is 22.0. The van der Waals surface area contributed by atoms with Gasteiger partial charge in [0.1, 0.15) is 0 Å². The second kappa shape index (κ2) is 10.8. The van der Waals surface area contributed by atoms with Gasteiger partial charge in [-0.05, 0) is 122 Å². The van der Waals surface area contributed by atoms with Gasteiger partial charge in [0.25, 0.3) is 0 Å². The lowest BCUT2D eigenvalue weighted by Gasteiger charge is -2.32. The van der Waals surface area contributed by atoms with E-state index in [0.29, 0.717) is 0 Å². The molecule has 6 aromatic carbocycles. The Bertz CT molecular complexity index is 2120. The van der Waals surface area contributed by atoms with Crippen molar-refractivity contribution in [2.24, 2.45) is 0 Å². The molecule has 0 saturated carbocycles. The molecule has 1 aliphatic rings. The van der Waals surface area contributed by atoms with Crippen molar-refractivity contribution in [3.63, 3.8) is 0 Å². The second-order valence-electron chi connectivity index (χ2n) is 16.5. The van der Waals surface area contributed by atoms with Crippen molar-refractivity contribution in [3.8, 4) is 22.3 Å². The number of benzene rings is 6. The number of fused-ring (bicyclic) bond motifs is 5. The SMILES string of the molecule is CC(C)(C)c1ccc(-c2cc3c4ccc(B5OC(C)(C)C(C)(C)O5)cc4c(-c4ccc(C(C)(C)C)cc4)cc3c3ccccc23)cc1. The van der Waals surface area contributed by atoms with Crippen LogP contribution in [0.15, 0.2) is 103 Å².